The highest BCUT2D eigenvalue weighted by molar-refractivity contribution is 6.33. The van der Waals surface area contributed by atoms with Crippen molar-refractivity contribution in [1.82, 2.24) is 4.57 Å². The third-order valence-electron chi connectivity index (χ3n) is 4.14. The molecule has 3 unspecified atom stereocenters. The van der Waals surface area contributed by atoms with E-state index in [9.17, 15) is 9.90 Å². The van der Waals surface area contributed by atoms with Gasteiger partial charge in [-0.15, -0.1) is 11.6 Å². The van der Waals surface area contributed by atoms with Gasteiger partial charge in [0.15, 0.2) is 5.78 Å². The molecule has 2 rings (SSSR count). The van der Waals surface area contributed by atoms with Crippen LogP contribution < -0.4 is 0 Å². The molecule has 0 aromatic carbocycles. The van der Waals surface area contributed by atoms with E-state index in [1.807, 2.05) is 19.9 Å². The number of halogens is 1. The van der Waals surface area contributed by atoms with Crippen molar-refractivity contribution in [2.45, 2.75) is 64.0 Å². The lowest BCUT2D eigenvalue weighted by Crippen LogP contribution is -2.29. The smallest absolute Gasteiger partial charge is 0.182 e. The molecular formula is C15H22ClNO2. The van der Waals surface area contributed by atoms with Gasteiger partial charge in [0, 0.05) is 17.0 Å². The fourth-order valence-electron chi connectivity index (χ4n) is 3.14. The van der Waals surface area contributed by atoms with Crippen molar-refractivity contribution in [3.05, 3.63) is 23.0 Å². The van der Waals surface area contributed by atoms with Crippen LogP contribution in [0.4, 0.5) is 0 Å². The minimum atomic E-state index is -0.509. The molecule has 19 heavy (non-hydrogen) atoms. The fourth-order valence-corrected chi connectivity index (χ4v) is 3.26. The number of aliphatic hydroxyl groups is 1. The quantitative estimate of drug-likeness (QED) is 0.682. The van der Waals surface area contributed by atoms with Gasteiger partial charge in [-0.1, -0.05) is 12.8 Å². The van der Waals surface area contributed by atoms with Crippen LogP contribution in [0, 0.1) is 13.8 Å². The highest BCUT2D eigenvalue weighted by atomic mass is 35.5. The van der Waals surface area contributed by atoms with Gasteiger partial charge >= 0.3 is 0 Å². The Balaban J connectivity index is 2.39. The summed E-state index contributed by atoms with van der Waals surface area (Å²) in [7, 11) is 0. The third-order valence-corrected chi connectivity index (χ3v) is 4.33. The van der Waals surface area contributed by atoms with Crippen LogP contribution in [0.5, 0.6) is 0 Å². The molecule has 4 heteroatoms. The summed E-state index contributed by atoms with van der Waals surface area (Å²) in [5.74, 6) is -0.0358. The van der Waals surface area contributed by atoms with E-state index in [4.69, 9.17) is 11.6 Å². The molecule has 1 heterocycles. The zero-order valence-electron chi connectivity index (χ0n) is 11.8. The van der Waals surface area contributed by atoms with E-state index in [1.54, 1.807) is 6.92 Å². The summed E-state index contributed by atoms with van der Waals surface area (Å²) in [6, 6.07) is 2.00. The molecule has 3 atom stereocenters. The molecule has 0 aliphatic heterocycles. The molecule has 0 radical (unpaired) electrons. The number of hydrogen-bond acceptors (Lipinski definition) is 2. The zero-order chi connectivity index (χ0) is 14.2. The lowest BCUT2D eigenvalue weighted by molar-refractivity contribution is 0.0736. The van der Waals surface area contributed by atoms with Gasteiger partial charge in [-0.25, -0.2) is 0 Å². The maximum absolute atomic E-state index is 12.1. The molecule has 1 aromatic heterocycles. The number of rotatable bonds is 3. The van der Waals surface area contributed by atoms with Crippen LogP contribution in [0.15, 0.2) is 6.07 Å². The van der Waals surface area contributed by atoms with E-state index < -0.39 is 5.38 Å². The molecule has 0 spiro atoms. The SMILES string of the molecule is Cc1cc(C(=O)C(C)Cl)c(C)n1C1CCCCC1O. The molecule has 1 saturated carbocycles. The number of nitrogens with zero attached hydrogens (tertiary/aromatic N) is 1. The number of aliphatic hydroxyl groups excluding tert-OH is 1. The van der Waals surface area contributed by atoms with Gasteiger partial charge in [0.2, 0.25) is 0 Å². The summed E-state index contributed by atoms with van der Waals surface area (Å²) in [6.45, 7) is 5.64. The van der Waals surface area contributed by atoms with Crippen LogP contribution >= 0.6 is 11.6 Å². The Bertz CT molecular complexity index is 479. The highest BCUT2D eigenvalue weighted by Crippen LogP contribution is 2.33. The summed E-state index contributed by atoms with van der Waals surface area (Å²) in [6.07, 6.45) is 3.73. The molecule has 0 saturated heterocycles. The summed E-state index contributed by atoms with van der Waals surface area (Å²) in [5, 5.41) is 9.69. The van der Waals surface area contributed by atoms with Gasteiger partial charge in [0.1, 0.15) is 0 Å². The topological polar surface area (TPSA) is 42.2 Å². The first kappa shape index (κ1) is 14.6. The number of Topliss-reactive ketones (excluding diaryl/α,β-unsaturated/α-hetero) is 1. The molecule has 1 aliphatic carbocycles. The first-order chi connectivity index (χ1) is 8.93. The maximum Gasteiger partial charge on any atom is 0.182 e. The van der Waals surface area contributed by atoms with Crippen molar-refractivity contribution in [1.29, 1.82) is 0 Å². The van der Waals surface area contributed by atoms with E-state index in [0.29, 0.717) is 5.56 Å². The van der Waals surface area contributed by atoms with Crippen LogP contribution in [0.2, 0.25) is 0 Å². The largest absolute Gasteiger partial charge is 0.391 e. The molecule has 1 aliphatic rings. The molecule has 1 fully saturated rings. The fraction of sp³-hybridized carbons (Fsp3) is 0.667. The Hall–Kier alpha value is -0.800. The Kier molecular flexibility index (Phi) is 4.36. The second-order valence-corrected chi connectivity index (χ2v) is 6.21. The van der Waals surface area contributed by atoms with Crippen molar-refractivity contribution in [3.8, 4) is 0 Å². The predicted octanol–water partition coefficient (Wildman–Crippen LogP) is 3.39. The summed E-state index contributed by atoms with van der Waals surface area (Å²) >= 11 is 5.90. The highest BCUT2D eigenvalue weighted by Gasteiger charge is 2.29. The minimum Gasteiger partial charge on any atom is -0.391 e. The Labute approximate surface area is 119 Å². The summed E-state index contributed by atoms with van der Waals surface area (Å²) in [5.41, 5.74) is 2.66. The van der Waals surface area contributed by atoms with Crippen LogP contribution in [0.3, 0.4) is 0 Å². The number of alkyl halides is 1. The van der Waals surface area contributed by atoms with Crippen molar-refractivity contribution >= 4 is 17.4 Å². The van der Waals surface area contributed by atoms with Crippen LogP contribution in [0.1, 0.15) is 60.4 Å². The number of aryl methyl sites for hydroxylation is 1. The molecule has 0 amide bonds. The molecule has 3 nitrogen and oxygen atoms in total. The lowest BCUT2D eigenvalue weighted by atomic mass is 9.92. The minimum absolute atomic E-state index is 0.0358. The first-order valence-corrected chi connectivity index (χ1v) is 7.42. The average Bonchev–Trinajstić information content (AvgIpc) is 2.65. The van der Waals surface area contributed by atoms with Crippen molar-refractivity contribution < 1.29 is 9.90 Å². The Morgan fingerprint density at radius 1 is 1.42 bits per heavy atom. The number of hydrogen-bond donors (Lipinski definition) is 1. The van der Waals surface area contributed by atoms with E-state index in [2.05, 4.69) is 4.57 Å². The van der Waals surface area contributed by atoms with Crippen molar-refractivity contribution in [3.63, 3.8) is 0 Å². The van der Waals surface area contributed by atoms with Crippen LogP contribution in [-0.2, 0) is 0 Å². The lowest BCUT2D eigenvalue weighted by Gasteiger charge is -2.31. The summed E-state index contributed by atoms with van der Waals surface area (Å²) in [4.78, 5) is 12.1. The monoisotopic (exact) mass is 283 g/mol. The number of ketones is 1. The van der Waals surface area contributed by atoms with Gasteiger partial charge in [-0.3, -0.25) is 4.79 Å². The predicted molar refractivity (Wildman–Crippen MR) is 77.1 cm³/mol. The molecule has 106 valence electrons. The Morgan fingerprint density at radius 2 is 2.05 bits per heavy atom. The Morgan fingerprint density at radius 3 is 2.63 bits per heavy atom. The average molecular weight is 284 g/mol. The van der Waals surface area contributed by atoms with Gasteiger partial charge in [-0.05, 0) is 39.7 Å². The van der Waals surface area contributed by atoms with Crippen LogP contribution in [0.25, 0.3) is 0 Å². The second-order valence-electron chi connectivity index (χ2n) is 5.55. The summed E-state index contributed by atoms with van der Waals surface area (Å²) < 4.78 is 2.12. The van der Waals surface area contributed by atoms with Crippen LogP contribution in [-0.4, -0.2) is 26.9 Å². The van der Waals surface area contributed by atoms with E-state index >= 15 is 0 Å². The second kappa shape index (κ2) is 5.68. The van der Waals surface area contributed by atoms with Gasteiger partial charge < -0.3 is 9.67 Å². The standard InChI is InChI=1S/C15H22ClNO2/c1-9-8-12(15(19)10(2)16)11(3)17(9)13-6-4-5-7-14(13)18/h8,10,13-14,18H,4-7H2,1-3H3. The molecule has 1 aromatic rings. The number of carbonyl (C=O) groups excluding carboxylic acids is 1. The maximum atomic E-state index is 12.1. The van der Waals surface area contributed by atoms with E-state index in [1.165, 1.54) is 0 Å². The molecular weight excluding hydrogens is 262 g/mol. The number of carbonyl (C=O) groups is 1. The van der Waals surface area contributed by atoms with Gasteiger partial charge in [-0.2, -0.15) is 0 Å². The first-order valence-electron chi connectivity index (χ1n) is 6.98. The molecule has 0 bridgehead atoms. The van der Waals surface area contributed by atoms with Crippen molar-refractivity contribution in [2.24, 2.45) is 0 Å². The van der Waals surface area contributed by atoms with Gasteiger partial charge in [0.05, 0.1) is 17.5 Å². The molecule has 1 N–H and O–H groups in total. The third kappa shape index (κ3) is 2.72. The zero-order valence-corrected chi connectivity index (χ0v) is 12.6. The van der Waals surface area contributed by atoms with E-state index in [0.717, 1.165) is 37.1 Å². The van der Waals surface area contributed by atoms with E-state index in [-0.39, 0.29) is 17.9 Å². The number of aromatic nitrogens is 1. The normalized spacial score (nSPS) is 25.3. The van der Waals surface area contributed by atoms with Crippen molar-refractivity contribution in [2.75, 3.05) is 0 Å². The van der Waals surface area contributed by atoms with Gasteiger partial charge in [0.25, 0.3) is 0 Å².